The van der Waals surface area contributed by atoms with E-state index in [2.05, 4.69) is 27.2 Å². The Labute approximate surface area is 226 Å². The molecule has 0 aliphatic carbocycles. The molecule has 2 aliphatic rings. The fourth-order valence-electron chi connectivity index (χ4n) is 5.05. The summed E-state index contributed by atoms with van der Waals surface area (Å²) >= 11 is 0. The molecule has 12 heteroatoms. The molecule has 11 nitrogen and oxygen atoms in total. The largest absolute Gasteiger partial charge is 0.369 e. The number of nitrogens with one attached hydrogen (secondary N) is 3. The number of unbranched alkanes of at least 4 members (excludes halogenated alkanes) is 5. The number of sulfonamides is 1. The van der Waals surface area contributed by atoms with Crippen molar-refractivity contribution in [1.82, 2.24) is 25.2 Å². The number of piperazine rings is 1. The van der Waals surface area contributed by atoms with Gasteiger partial charge in [0, 0.05) is 45.0 Å². The van der Waals surface area contributed by atoms with Gasteiger partial charge in [-0.2, -0.15) is 0 Å². The van der Waals surface area contributed by atoms with Crippen LogP contribution in [0, 0.1) is 0 Å². The van der Waals surface area contributed by atoms with Crippen LogP contribution in [-0.2, 0) is 19.6 Å². The molecule has 0 unspecified atom stereocenters. The molecule has 2 aliphatic heterocycles. The van der Waals surface area contributed by atoms with Gasteiger partial charge in [-0.15, -0.1) is 0 Å². The standard InChI is InChI=1S/C26H42N6O5S/c1-4-5-6-7-8-9-14-26(23(33)28-25(35)29-24(26)34)32-19-17-31(18-20-32)21-10-12-22(13-11-21)38(36,37)27-15-16-30(2)3/h10-13,27H,4-9,14-20H2,1-3H3,(H2,28,29,33,34,35). The third-order valence-corrected chi connectivity index (χ3v) is 8.76. The lowest BCUT2D eigenvalue weighted by Gasteiger charge is -2.47. The van der Waals surface area contributed by atoms with E-state index < -0.39 is 33.4 Å². The van der Waals surface area contributed by atoms with Gasteiger partial charge in [-0.25, -0.2) is 17.9 Å². The first kappa shape index (κ1) is 30.0. The van der Waals surface area contributed by atoms with Crippen molar-refractivity contribution in [2.45, 2.75) is 62.3 Å². The summed E-state index contributed by atoms with van der Waals surface area (Å²) in [5.74, 6) is -1.10. The van der Waals surface area contributed by atoms with Crippen LogP contribution >= 0.6 is 0 Å². The van der Waals surface area contributed by atoms with E-state index >= 15 is 0 Å². The first-order valence-corrected chi connectivity index (χ1v) is 15.0. The fourth-order valence-corrected chi connectivity index (χ4v) is 6.07. The van der Waals surface area contributed by atoms with Gasteiger partial charge in [0.1, 0.15) is 0 Å². The maximum atomic E-state index is 13.1. The first-order valence-electron chi connectivity index (χ1n) is 13.5. The quantitative estimate of drug-likeness (QED) is 0.235. The molecule has 0 aromatic heterocycles. The van der Waals surface area contributed by atoms with Crippen LogP contribution in [0.25, 0.3) is 0 Å². The minimum atomic E-state index is -3.59. The summed E-state index contributed by atoms with van der Waals surface area (Å²) in [5.41, 5.74) is -0.532. The fraction of sp³-hybridized carbons (Fsp3) is 0.654. The van der Waals surface area contributed by atoms with E-state index in [4.69, 9.17) is 0 Å². The molecule has 2 saturated heterocycles. The molecule has 212 valence electrons. The summed E-state index contributed by atoms with van der Waals surface area (Å²) in [6.45, 7) is 5.11. The number of hydrogen-bond acceptors (Lipinski definition) is 8. The van der Waals surface area contributed by atoms with Crippen LogP contribution < -0.4 is 20.3 Å². The number of benzene rings is 1. The van der Waals surface area contributed by atoms with Crippen molar-refractivity contribution >= 4 is 33.6 Å². The minimum absolute atomic E-state index is 0.205. The summed E-state index contributed by atoms with van der Waals surface area (Å²) in [4.78, 5) is 44.1. The van der Waals surface area contributed by atoms with Crippen LogP contribution in [0.3, 0.4) is 0 Å². The molecule has 1 aromatic carbocycles. The van der Waals surface area contributed by atoms with Gasteiger partial charge in [-0.1, -0.05) is 45.4 Å². The van der Waals surface area contributed by atoms with E-state index in [1.54, 1.807) is 24.3 Å². The number of likely N-dealkylation sites (N-methyl/N-ethyl adjacent to an activating group) is 1. The Morgan fingerprint density at radius 3 is 2.05 bits per heavy atom. The number of rotatable bonds is 14. The highest BCUT2D eigenvalue weighted by Crippen LogP contribution is 2.29. The first-order chi connectivity index (χ1) is 18.1. The molecule has 1 aromatic rings. The number of imide groups is 2. The molecule has 0 spiro atoms. The maximum Gasteiger partial charge on any atom is 0.328 e. The zero-order valence-corrected chi connectivity index (χ0v) is 23.6. The number of anilines is 1. The van der Waals surface area contributed by atoms with Gasteiger partial charge in [0.25, 0.3) is 11.8 Å². The SMILES string of the molecule is CCCCCCCCC1(N2CCN(c3ccc(S(=O)(=O)NCCN(C)C)cc3)CC2)C(=O)NC(=O)NC1=O. The number of hydrogen-bond donors (Lipinski definition) is 3. The Balaban J connectivity index is 1.64. The summed E-state index contributed by atoms with van der Waals surface area (Å²) in [6.07, 6.45) is 6.50. The summed E-state index contributed by atoms with van der Waals surface area (Å²) in [6, 6.07) is 5.96. The highest BCUT2D eigenvalue weighted by molar-refractivity contribution is 7.89. The molecular formula is C26H42N6O5S. The third kappa shape index (κ3) is 7.31. The van der Waals surface area contributed by atoms with Gasteiger partial charge in [-0.3, -0.25) is 25.1 Å². The molecule has 3 rings (SSSR count). The van der Waals surface area contributed by atoms with Crippen LogP contribution in [0.4, 0.5) is 10.5 Å². The smallest absolute Gasteiger partial charge is 0.328 e. The van der Waals surface area contributed by atoms with Crippen LogP contribution in [0.2, 0.25) is 0 Å². The van der Waals surface area contributed by atoms with Crippen LogP contribution in [0.15, 0.2) is 29.2 Å². The van der Waals surface area contributed by atoms with E-state index in [1.807, 2.05) is 23.9 Å². The average molecular weight is 551 g/mol. The van der Waals surface area contributed by atoms with Crippen LogP contribution in [0.5, 0.6) is 0 Å². The third-order valence-electron chi connectivity index (χ3n) is 7.28. The van der Waals surface area contributed by atoms with E-state index in [0.717, 1.165) is 37.8 Å². The Kier molecular flexibility index (Phi) is 10.7. The lowest BCUT2D eigenvalue weighted by molar-refractivity contribution is -0.148. The zero-order valence-electron chi connectivity index (χ0n) is 22.8. The van der Waals surface area contributed by atoms with Crippen LogP contribution in [-0.4, -0.2) is 95.0 Å². The highest BCUT2D eigenvalue weighted by Gasteiger charge is 2.54. The maximum absolute atomic E-state index is 13.1. The van der Waals surface area contributed by atoms with Gasteiger partial charge < -0.3 is 9.80 Å². The Bertz CT molecular complexity index is 1050. The summed E-state index contributed by atoms with van der Waals surface area (Å²) in [5, 5.41) is 4.62. The molecule has 38 heavy (non-hydrogen) atoms. The predicted octanol–water partition coefficient (Wildman–Crippen LogP) is 1.50. The minimum Gasteiger partial charge on any atom is -0.369 e. The lowest BCUT2D eigenvalue weighted by atomic mass is 9.85. The van der Waals surface area contributed by atoms with Gasteiger partial charge in [-0.05, 0) is 44.8 Å². The number of amides is 4. The second-order valence-electron chi connectivity index (χ2n) is 10.3. The number of carbonyl (C=O) groups excluding carboxylic acids is 3. The van der Waals surface area contributed by atoms with E-state index in [1.165, 1.54) is 6.42 Å². The predicted molar refractivity (Wildman–Crippen MR) is 146 cm³/mol. The number of nitrogens with zero attached hydrogens (tertiary/aromatic N) is 3. The topological polar surface area (TPSA) is 131 Å². The van der Waals surface area contributed by atoms with Gasteiger partial charge in [0.2, 0.25) is 10.0 Å². The highest BCUT2D eigenvalue weighted by atomic mass is 32.2. The van der Waals surface area contributed by atoms with E-state index in [-0.39, 0.29) is 4.90 Å². The Hall–Kier alpha value is -2.54. The second-order valence-corrected chi connectivity index (χ2v) is 12.1. The lowest BCUT2D eigenvalue weighted by Crippen LogP contribution is -2.74. The molecule has 0 radical (unpaired) electrons. The summed E-state index contributed by atoms with van der Waals surface area (Å²) in [7, 11) is 0.174. The molecule has 3 N–H and O–H groups in total. The van der Waals surface area contributed by atoms with Crippen molar-refractivity contribution in [3.63, 3.8) is 0 Å². The second kappa shape index (κ2) is 13.5. The normalized spacial score (nSPS) is 18.5. The van der Waals surface area contributed by atoms with Crippen molar-refractivity contribution in [3.8, 4) is 0 Å². The van der Waals surface area contributed by atoms with E-state index in [9.17, 15) is 22.8 Å². The molecule has 2 heterocycles. The number of urea groups is 1. The van der Waals surface area contributed by atoms with Crippen molar-refractivity contribution in [3.05, 3.63) is 24.3 Å². The average Bonchev–Trinajstić information content (AvgIpc) is 2.87. The van der Waals surface area contributed by atoms with Crippen molar-refractivity contribution in [1.29, 1.82) is 0 Å². The molecule has 4 amide bonds. The molecule has 0 saturated carbocycles. The van der Waals surface area contributed by atoms with Gasteiger partial charge in [0.15, 0.2) is 5.54 Å². The van der Waals surface area contributed by atoms with Crippen molar-refractivity contribution < 1.29 is 22.8 Å². The van der Waals surface area contributed by atoms with Gasteiger partial charge >= 0.3 is 6.03 Å². The number of carbonyl (C=O) groups is 3. The van der Waals surface area contributed by atoms with E-state index in [0.29, 0.717) is 45.7 Å². The number of barbiturate groups is 1. The molecule has 0 atom stereocenters. The Morgan fingerprint density at radius 2 is 1.47 bits per heavy atom. The zero-order chi connectivity index (χ0) is 27.8. The molecule has 2 fully saturated rings. The molecule has 0 bridgehead atoms. The summed E-state index contributed by atoms with van der Waals surface area (Å²) < 4.78 is 27.7. The van der Waals surface area contributed by atoms with Crippen molar-refractivity contribution in [2.24, 2.45) is 0 Å². The van der Waals surface area contributed by atoms with Gasteiger partial charge in [0.05, 0.1) is 4.90 Å². The van der Waals surface area contributed by atoms with Crippen LogP contribution in [0.1, 0.15) is 51.9 Å². The van der Waals surface area contributed by atoms with Crippen molar-refractivity contribution in [2.75, 3.05) is 58.3 Å². The molecular weight excluding hydrogens is 508 g/mol. The monoisotopic (exact) mass is 550 g/mol. The Morgan fingerprint density at radius 1 is 0.895 bits per heavy atom.